The van der Waals surface area contributed by atoms with Gasteiger partial charge in [-0.05, 0) is 18.1 Å². The Hall–Kier alpha value is -0.860. The maximum absolute atomic E-state index is 3.98. The van der Waals surface area contributed by atoms with Gasteiger partial charge in [-0.25, -0.2) is 0 Å². The standard InChI is InChI=1S/C8H12N3/c1-2-4-7(5-3-1)8-6-9-11-10-8/h6-7H,1-5H2. The number of hydrogen-bond donors (Lipinski definition) is 0. The molecule has 59 valence electrons. The van der Waals surface area contributed by atoms with Crippen molar-refractivity contribution in [1.82, 2.24) is 5.43 Å². The first kappa shape index (κ1) is 6.83. The van der Waals surface area contributed by atoms with Crippen molar-refractivity contribution in [2.75, 3.05) is 0 Å². The fourth-order valence-corrected chi connectivity index (χ4v) is 1.77. The number of nitrogens with zero attached hydrogens (tertiary/aromatic N) is 3. The fraction of sp³-hybridized carbons (Fsp3) is 0.750. The lowest BCUT2D eigenvalue weighted by Crippen LogP contribution is -2.07. The molecule has 1 radical (unpaired) electrons. The maximum Gasteiger partial charge on any atom is 0.0881 e. The molecule has 0 amide bonds. The molecule has 11 heavy (non-hydrogen) atoms. The van der Waals surface area contributed by atoms with Gasteiger partial charge in [0.05, 0.1) is 11.9 Å². The smallest absolute Gasteiger partial charge is 0.0881 e. The van der Waals surface area contributed by atoms with Gasteiger partial charge in [-0.1, -0.05) is 19.3 Å². The van der Waals surface area contributed by atoms with Gasteiger partial charge in [0.2, 0.25) is 0 Å². The van der Waals surface area contributed by atoms with E-state index in [0.717, 1.165) is 5.70 Å². The quantitative estimate of drug-likeness (QED) is 0.550. The molecule has 0 saturated heterocycles. The molecule has 0 aromatic carbocycles. The summed E-state index contributed by atoms with van der Waals surface area (Å²) in [6.45, 7) is 0. The minimum atomic E-state index is 0.652. The van der Waals surface area contributed by atoms with Crippen molar-refractivity contribution in [2.24, 2.45) is 16.3 Å². The van der Waals surface area contributed by atoms with Crippen molar-refractivity contribution in [3.05, 3.63) is 11.9 Å². The minimum Gasteiger partial charge on any atom is -0.137 e. The molecule has 0 spiro atoms. The number of hydrogen-bond acceptors (Lipinski definition) is 2. The molecule has 1 saturated carbocycles. The third-order valence-electron chi connectivity index (χ3n) is 2.43. The first-order valence-corrected chi connectivity index (χ1v) is 4.28. The van der Waals surface area contributed by atoms with Gasteiger partial charge in [0.15, 0.2) is 0 Å². The van der Waals surface area contributed by atoms with Crippen molar-refractivity contribution in [3.8, 4) is 0 Å². The average molecular weight is 150 g/mol. The van der Waals surface area contributed by atoms with Crippen molar-refractivity contribution in [2.45, 2.75) is 32.1 Å². The van der Waals surface area contributed by atoms with Crippen LogP contribution in [0.4, 0.5) is 0 Å². The topological polar surface area (TPSA) is 38.8 Å². The molecular formula is C8H12N3. The summed E-state index contributed by atoms with van der Waals surface area (Å²) in [4.78, 5) is 0. The molecule has 1 aliphatic carbocycles. The van der Waals surface area contributed by atoms with Gasteiger partial charge in [0.1, 0.15) is 0 Å². The number of allylic oxidation sites excluding steroid dienone is 1. The summed E-state index contributed by atoms with van der Waals surface area (Å²) in [7, 11) is 0. The van der Waals surface area contributed by atoms with Crippen molar-refractivity contribution >= 4 is 0 Å². The Balaban J connectivity index is 1.97. The second-order valence-electron chi connectivity index (χ2n) is 3.19. The maximum atomic E-state index is 3.98. The van der Waals surface area contributed by atoms with E-state index in [9.17, 15) is 0 Å². The molecule has 0 atom stereocenters. The van der Waals surface area contributed by atoms with Crippen LogP contribution in [0.2, 0.25) is 0 Å². The Bertz CT molecular complexity index is 190. The molecule has 3 heteroatoms. The SMILES string of the molecule is C1=C(C2CCCCC2)N=N[N]1. The molecule has 2 aliphatic rings. The van der Waals surface area contributed by atoms with Gasteiger partial charge in [-0.3, -0.25) is 0 Å². The second kappa shape index (κ2) is 3.03. The first-order chi connectivity index (χ1) is 5.47. The highest BCUT2D eigenvalue weighted by molar-refractivity contribution is 5.05. The van der Waals surface area contributed by atoms with Crippen molar-refractivity contribution < 1.29 is 0 Å². The van der Waals surface area contributed by atoms with E-state index in [1.807, 2.05) is 0 Å². The summed E-state index contributed by atoms with van der Waals surface area (Å²) in [5, 5.41) is 7.58. The van der Waals surface area contributed by atoms with Gasteiger partial charge >= 0.3 is 0 Å². The van der Waals surface area contributed by atoms with E-state index in [1.54, 1.807) is 6.20 Å². The third-order valence-corrected chi connectivity index (χ3v) is 2.43. The molecule has 1 fully saturated rings. The summed E-state index contributed by atoms with van der Waals surface area (Å²) in [5.74, 6) is 0.652. The molecule has 3 nitrogen and oxygen atoms in total. The monoisotopic (exact) mass is 150 g/mol. The zero-order valence-electron chi connectivity index (χ0n) is 6.53. The van der Waals surface area contributed by atoms with Gasteiger partial charge < -0.3 is 0 Å². The van der Waals surface area contributed by atoms with E-state index in [4.69, 9.17) is 0 Å². The van der Waals surface area contributed by atoms with Crippen LogP contribution in [0.1, 0.15) is 32.1 Å². The van der Waals surface area contributed by atoms with Crippen LogP contribution >= 0.6 is 0 Å². The fourth-order valence-electron chi connectivity index (χ4n) is 1.77. The molecule has 0 N–H and O–H groups in total. The predicted octanol–water partition coefficient (Wildman–Crippen LogP) is 2.39. The van der Waals surface area contributed by atoms with Crippen LogP contribution in [0.15, 0.2) is 22.2 Å². The lowest BCUT2D eigenvalue weighted by Gasteiger charge is -2.19. The normalized spacial score (nSPS) is 24.9. The van der Waals surface area contributed by atoms with Crippen LogP contribution < -0.4 is 5.43 Å². The van der Waals surface area contributed by atoms with Crippen LogP contribution in [-0.2, 0) is 0 Å². The predicted molar refractivity (Wildman–Crippen MR) is 41.6 cm³/mol. The third kappa shape index (κ3) is 1.42. The van der Waals surface area contributed by atoms with E-state index >= 15 is 0 Å². The van der Waals surface area contributed by atoms with E-state index < -0.39 is 0 Å². The average Bonchev–Trinajstić information content (AvgIpc) is 2.58. The lowest BCUT2D eigenvalue weighted by atomic mass is 9.87. The molecule has 0 bridgehead atoms. The van der Waals surface area contributed by atoms with E-state index in [-0.39, 0.29) is 0 Å². The summed E-state index contributed by atoms with van der Waals surface area (Å²) < 4.78 is 0. The molecule has 0 aromatic heterocycles. The molecule has 0 unspecified atom stereocenters. The molecule has 0 aromatic rings. The van der Waals surface area contributed by atoms with Crippen molar-refractivity contribution in [1.29, 1.82) is 0 Å². The van der Waals surface area contributed by atoms with Gasteiger partial charge in [-0.15, -0.1) is 10.5 Å². The summed E-state index contributed by atoms with van der Waals surface area (Å²) in [6, 6.07) is 0. The second-order valence-corrected chi connectivity index (χ2v) is 3.19. The van der Waals surface area contributed by atoms with Gasteiger partial charge in [-0.2, -0.15) is 0 Å². The van der Waals surface area contributed by atoms with Crippen molar-refractivity contribution in [3.63, 3.8) is 0 Å². The van der Waals surface area contributed by atoms with Crippen LogP contribution in [0, 0.1) is 5.92 Å². The molecule has 2 rings (SSSR count). The van der Waals surface area contributed by atoms with E-state index in [1.165, 1.54) is 32.1 Å². The Kier molecular flexibility index (Phi) is 1.88. The zero-order valence-corrected chi connectivity index (χ0v) is 6.53. The Morgan fingerprint density at radius 2 is 2.00 bits per heavy atom. The highest BCUT2D eigenvalue weighted by Gasteiger charge is 2.19. The molecule has 1 aliphatic heterocycles. The number of rotatable bonds is 1. The van der Waals surface area contributed by atoms with E-state index in [0.29, 0.717) is 5.92 Å². The van der Waals surface area contributed by atoms with Crippen LogP contribution in [-0.4, -0.2) is 0 Å². The van der Waals surface area contributed by atoms with Crippen LogP contribution in [0.25, 0.3) is 0 Å². The minimum absolute atomic E-state index is 0.652. The Morgan fingerprint density at radius 3 is 2.64 bits per heavy atom. The lowest BCUT2D eigenvalue weighted by molar-refractivity contribution is 0.400. The summed E-state index contributed by atoms with van der Waals surface area (Å²) in [6.07, 6.45) is 8.43. The summed E-state index contributed by atoms with van der Waals surface area (Å²) >= 11 is 0. The summed E-state index contributed by atoms with van der Waals surface area (Å²) in [5.41, 5.74) is 4.84. The van der Waals surface area contributed by atoms with Gasteiger partial charge in [0, 0.05) is 5.92 Å². The molecular weight excluding hydrogens is 138 g/mol. The largest absolute Gasteiger partial charge is 0.137 e. The van der Waals surface area contributed by atoms with Crippen LogP contribution in [0.5, 0.6) is 0 Å². The van der Waals surface area contributed by atoms with Gasteiger partial charge in [0.25, 0.3) is 0 Å². The first-order valence-electron chi connectivity index (χ1n) is 4.28. The van der Waals surface area contributed by atoms with E-state index in [2.05, 4.69) is 15.8 Å². The zero-order chi connectivity index (χ0) is 7.52. The highest BCUT2D eigenvalue weighted by Crippen LogP contribution is 2.31. The molecule has 1 heterocycles. The van der Waals surface area contributed by atoms with Crippen LogP contribution in [0.3, 0.4) is 0 Å². The Morgan fingerprint density at radius 1 is 1.18 bits per heavy atom. The highest BCUT2D eigenvalue weighted by atomic mass is 15.4. The Labute approximate surface area is 66.6 Å².